The zero-order chi connectivity index (χ0) is 22.7. The number of hydrogen-bond donors (Lipinski definition) is 3. The van der Waals surface area contributed by atoms with Crippen LogP contribution in [0.5, 0.6) is 0 Å². The number of benzene rings is 2. The van der Waals surface area contributed by atoms with Gasteiger partial charge in [-0.25, -0.2) is 8.93 Å². The maximum absolute atomic E-state index is 10.5. The van der Waals surface area contributed by atoms with E-state index in [1.54, 1.807) is 0 Å². The van der Waals surface area contributed by atoms with Gasteiger partial charge in [0.25, 0.3) is 0 Å². The lowest BCUT2D eigenvalue weighted by molar-refractivity contribution is 0.127. The first-order valence-corrected chi connectivity index (χ1v) is 13.1. The third kappa shape index (κ3) is 13.8. The Morgan fingerprint density at radius 3 is 2.03 bits per heavy atom. The molecule has 0 heterocycles. The highest BCUT2D eigenvalue weighted by atomic mass is 32.2. The predicted octanol–water partition coefficient (Wildman–Crippen LogP) is 5.04. The smallest absolute Gasteiger partial charge is 0.231 e. The average molecular weight is 461 g/mol. The van der Waals surface area contributed by atoms with Gasteiger partial charge in [0.2, 0.25) is 11.3 Å². The summed E-state index contributed by atoms with van der Waals surface area (Å²) < 4.78 is 27.5. The van der Waals surface area contributed by atoms with Gasteiger partial charge in [-0.1, -0.05) is 67.4 Å². The highest BCUT2D eigenvalue weighted by molar-refractivity contribution is 7.77. The molecule has 0 bridgehead atoms. The fourth-order valence-electron chi connectivity index (χ4n) is 3.60. The predicted molar refractivity (Wildman–Crippen MR) is 134 cm³/mol. The van der Waals surface area contributed by atoms with Crippen molar-refractivity contribution in [2.75, 3.05) is 26.3 Å². The monoisotopic (exact) mass is 460 g/mol. The number of hydrogen-bond acceptors (Lipinski definition) is 3. The van der Waals surface area contributed by atoms with Gasteiger partial charge in [-0.2, -0.15) is 0 Å². The average Bonchev–Trinajstić information content (AvgIpc) is 2.81. The molecule has 0 aliphatic carbocycles. The van der Waals surface area contributed by atoms with Crippen molar-refractivity contribution in [3.05, 3.63) is 71.3 Å². The molecule has 0 radical (unpaired) electrons. The number of ether oxygens (including phenoxy) is 1. The molecule has 178 valence electrons. The lowest BCUT2D eigenvalue weighted by Crippen LogP contribution is -2.17. The second-order valence-corrected chi connectivity index (χ2v) is 9.00. The number of aryl methyl sites for hydroxylation is 2. The van der Waals surface area contributed by atoms with Gasteiger partial charge in [0.1, 0.15) is 0 Å². The van der Waals surface area contributed by atoms with E-state index >= 15 is 0 Å². The van der Waals surface area contributed by atoms with Crippen molar-refractivity contribution in [3.8, 4) is 0 Å². The van der Waals surface area contributed by atoms with E-state index in [1.165, 1.54) is 36.0 Å². The minimum absolute atomic E-state index is 0.577. The molecule has 6 heteroatoms. The highest BCUT2D eigenvalue weighted by Crippen LogP contribution is 2.10. The van der Waals surface area contributed by atoms with Gasteiger partial charge in [0.15, 0.2) is 0 Å². The Hall–Kier alpha value is -1.57. The molecule has 0 aliphatic rings. The van der Waals surface area contributed by atoms with Crippen LogP contribution in [0, 0.1) is 0 Å². The minimum Gasteiger partial charge on any atom is -0.381 e. The van der Waals surface area contributed by atoms with Crippen molar-refractivity contribution in [1.82, 2.24) is 10.0 Å². The summed E-state index contributed by atoms with van der Waals surface area (Å²) in [7, 11) is 0. The van der Waals surface area contributed by atoms with Gasteiger partial charge >= 0.3 is 0 Å². The summed E-state index contributed by atoms with van der Waals surface area (Å²) >= 11 is -1.89. The minimum atomic E-state index is -1.89. The molecule has 5 nitrogen and oxygen atoms in total. The molecule has 0 aromatic heterocycles. The van der Waals surface area contributed by atoms with Crippen LogP contribution >= 0.6 is 0 Å². The second kappa shape index (κ2) is 17.9. The molecule has 0 spiro atoms. The van der Waals surface area contributed by atoms with E-state index in [0.717, 1.165) is 64.8 Å². The summed E-state index contributed by atoms with van der Waals surface area (Å²) in [5.41, 5.74) is 4.03. The Kier molecular flexibility index (Phi) is 14.9. The Bertz CT molecular complexity index is 726. The van der Waals surface area contributed by atoms with E-state index < -0.39 is 11.3 Å². The molecule has 32 heavy (non-hydrogen) atoms. The molecule has 0 saturated carbocycles. The van der Waals surface area contributed by atoms with Crippen molar-refractivity contribution in [2.24, 2.45) is 0 Å². The fourth-order valence-corrected chi connectivity index (χ4v) is 3.92. The second-order valence-electron chi connectivity index (χ2n) is 8.21. The lowest BCUT2D eigenvalue weighted by atomic mass is 10.0. The van der Waals surface area contributed by atoms with Crippen LogP contribution in [0.1, 0.15) is 61.6 Å². The van der Waals surface area contributed by atoms with Crippen LogP contribution in [0.25, 0.3) is 0 Å². The molecule has 0 saturated heterocycles. The summed E-state index contributed by atoms with van der Waals surface area (Å²) in [5, 5.41) is 3.51. The van der Waals surface area contributed by atoms with Crippen molar-refractivity contribution >= 4 is 11.3 Å². The molecule has 1 unspecified atom stereocenters. The van der Waals surface area contributed by atoms with E-state index in [2.05, 4.69) is 64.6 Å². The zero-order valence-corrected chi connectivity index (χ0v) is 20.1. The van der Waals surface area contributed by atoms with Crippen LogP contribution in [0.15, 0.2) is 54.6 Å². The molecule has 0 fully saturated rings. The van der Waals surface area contributed by atoms with Gasteiger partial charge in [0, 0.05) is 26.3 Å². The van der Waals surface area contributed by atoms with Gasteiger partial charge in [-0.15, -0.1) is 0 Å². The highest BCUT2D eigenvalue weighted by Gasteiger charge is 1.98. The van der Waals surface area contributed by atoms with Gasteiger partial charge in [0.05, 0.1) is 0 Å². The topological polar surface area (TPSA) is 70.6 Å². The third-order valence-electron chi connectivity index (χ3n) is 5.46. The number of rotatable bonds is 19. The standard InChI is InChI=1S/C26H40N2O3S/c29-32(30)28-20-8-6-11-24-15-17-25(18-16-24)14-10-22-31-21-9-2-1-7-19-27-23-26-12-4-3-5-13-26/h3-5,12-13,15-18,27-28H,1-2,6-11,14,19-23H2,(H,29,30). The quantitative estimate of drug-likeness (QED) is 0.203. The summed E-state index contributed by atoms with van der Waals surface area (Å²) in [6.07, 6.45) is 9.91. The molecule has 0 aliphatic heterocycles. The Balaban J connectivity index is 1.36. The van der Waals surface area contributed by atoms with Crippen LogP contribution in [0.3, 0.4) is 0 Å². The molecule has 2 aromatic carbocycles. The first-order valence-electron chi connectivity index (χ1n) is 12.0. The molecular formula is C26H40N2O3S. The summed E-state index contributed by atoms with van der Waals surface area (Å²) in [5.74, 6) is 0. The van der Waals surface area contributed by atoms with Crippen LogP contribution < -0.4 is 10.0 Å². The third-order valence-corrected chi connectivity index (χ3v) is 5.91. The fraction of sp³-hybridized carbons (Fsp3) is 0.538. The summed E-state index contributed by atoms with van der Waals surface area (Å²) in [6, 6.07) is 19.4. The lowest BCUT2D eigenvalue weighted by Gasteiger charge is -2.07. The molecular weight excluding hydrogens is 420 g/mol. The maximum Gasteiger partial charge on any atom is 0.231 e. The van der Waals surface area contributed by atoms with Gasteiger partial charge in [-0.05, 0) is 68.2 Å². The van der Waals surface area contributed by atoms with Crippen molar-refractivity contribution in [3.63, 3.8) is 0 Å². The van der Waals surface area contributed by atoms with Crippen LogP contribution in [-0.2, 0) is 35.4 Å². The number of nitrogens with one attached hydrogen (secondary N) is 2. The molecule has 0 amide bonds. The van der Waals surface area contributed by atoms with Crippen molar-refractivity contribution in [2.45, 2.75) is 64.3 Å². The van der Waals surface area contributed by atoms with Gasteiger partial charge < -0.3 is 10.1 Å². The van der Waals surface area contributed by atoms with E-state index in [1.807, 2.05) is 0 Å². The van der Waals surface area contributed by atoms with E-state index in [-0.39, 0.29) is 0 Å². The molecule has 3 N–H and O–H groups in total. The maximum atomic E-state index is 10.5. The first kappa shape index (κ1) is 26.7. The van der Waals surface area contributed by atoms with E-state index in [9.17, 15) is 4.21 Å². The van der Waals surface area contributed by atoms with Crippen molar-refractivity contribution < 1.29 is 13.5 Å². The van der Waals surface area contributed by atoms with Crippen LogP contribution in [0.2, 0.25) is 0 Å². The number of unbranched alkanes of at least 4 members (excludes halogenated alkanes) is 4. The van der Waals surface area contributed by atoms with Crippen molar-refractivity contribution in [1.29, 1.82) is 0 Å². The molecule has 2 rings (SSSR count). The Labute approximate surface area is 196 Å². The van der Waals surface area contributed by atoms with Crippen LogP contribution in [-0.4, -0.2) is 35.1 Å². The largest absolute Gasteiger partial charge is 0.381 e. The van der Waals surface area contributed by atoms with E-state index in [4.69, 9.17) is 9.29 Å². The Morgan fingerprint density at radius 1 is 0.688 bits per heavy atom. The van der Waals surface area contributed by atoms with Crippen LogP contribution in [0.4, 0.5) is 0 Å². The molecule has 2 aromatic rings. The van der Waals surface area contributed by atoms with Gasteiger partial charge in [-0.3, -0.25) is 4.55 Å². The Morgan fingerprint density at radius 2 is 1.31 bits per heavy atom. The summed E-state index contributed by atoms with van der Waals surface area (Å²) in [4.78, 5) is 0. The zero-order valence-electron chi connectivity index (χ0n) is 19.3. The first-order chi connectivity index (χ1) is 15.7. The SMILES string of the molecule is O=S(O)NCCCCc1ccc(CCCOCCCCCCNCc2ccccc2)cc1. The summed E-state index contributed by atoms with van der Waals surface area (Å²) in [6.45, 7) is 4.32. The van der Waals surface area contributed by atoms with E-state index in [0.29, 0.717) is 6.54 Å². The normalized spacial score (nSPS) is 12.2. The molecule has 1 atom stereocenters.